The van der Waals surface area contributed by atoms with Crippen LogP contribution in [0.1, 0.15) is 23.1 Å². The van der Waals surface area contributed by atoms with Crippen LogP contribution >= 0.6 is 35.0 Å². The van der Waals surface area contributed by atoms with E-state index in [2.05, 4.69) is 10.6 Å². The summed E-state index contributed by atoms with van der Waals surface area (Å²) in [5.41, 5.74) is 3.82. The van der Waals surface area contributed by atoms with Crippen LogP contribution in [0.5, 0.6) is 5.75 Å². The van der Waals surface area contributed by atoms with Crippen LogP contribution in [-0.4, -0.2) is 27.2 Å². The second-order valence-electron chi connectivity index (χ2n) is 8.78. The van der Waals surface area contributed by atoms with Crippen molar-refractivity contribution in [1.82, 2.24) is 9.47 Å². The summed E-state index contributed by atoms with van der Waals surface area (Å²) >= 11 is 13.0. The van der Waals surface area contributed by atoms with Crippen molar-refractivity contribution in [2.75, 3.05) is 6.61 Å². The lowest BCUT2D eigenvalue weighted by atomic mass is 10.1. The number of aryl methyl sites for hydroxylation is 2. The first-order valence-electron chi connectivity index (χ1n) is 11.9. The first kappa shape index (κ1) is 25.5. The SMILES string of the molecule is Cc1ccccc1OCCCn1cc(/C=C2\SC(=O)N(Cc3ccc(Cl)c(Cl)c3)C2=O)c2ccccc21. The number of amides is 2. The Labute approximate surface area is 229 Å². The molecule has 188 valence electrons. The number of aromatic nitrogens is 1. The maximum atomic E-state index is 13.1. The number of fused-ring (bicyclic) bond motifs is 1. The van der Waals surface area contributed by atoms with Crippen molar-refractivity contribution in [2.45, 2.75) is 26.4 Å². The van der Waals surface area contributed by atoms with Crippen molar-refractivity contribution in [3.8, 4) is 5.75 Å². The fraction of sp³-hybridized carbons (Fsp3) is 0.172. The Morgan fingerprint density at radius 3 is 2.57 bits per heavy atom. The molecular weight excluding hydrogens is 527 g/mol. The predicted octanol–water partition coefficient (Wildman–Crippen LogP) is 7.96. The van der Waals surface area contributed by atoms with Crippen molar-refractivity contribution < 1.29 is 14.3 Å². The van der Waals surface area contributed by atoms with Gasteiger partial charge in [-0.05, 0) is 66.6 Å². The number of hydrogen-bond donors (Lipinski definition) is 0. The van der Waals surface area contributed by atoms with E-state index in [1.807, 2.05) is 61.7 Å². The molecule has 0 radical (unpaired) electrons. The van der Waals surface area contributed by atoms with Crippen molar-refractivity contribution in [1.29, 1.82) is 0 Å². The molecular formula is C29H24Cl2N2O3S. The van der Waals surface area contributed by atoms with E-state index >= 15 is 0 Å². The van der Waals surface area contributed by atoms with Crippen molar-refractivity contribution in [3.05, 3.63) is 105 Å². The summed E-state index contributed by atoms with van der Waals surface area (Å²) in [5, 5.41) is 1.54. The summed E-state index contributed by atoms with van der Waals surface area (Å²) in [6.45, 7) is 3.54. The molecule has 0 N–H and O–H groups in total. The third-order valence-electron chi connectivity index (χ3n) is 6.20. The molecule has 37 heavy (non-hydrogen) atoms. The summed E-state index contributed by atoms with van der Waals surface area (Å²) in [5.74, 6) is 0.585. The summed E-state index contributed by atoms with van der Waals surface area (Å²) < 4.78 is 8.12. The van der Waals surface area contributed by atoms with Gasteiger partial charge in [-0.2, -0.15) is 0 Å². The third kappa shape index (κ3) is 5.57. The van der Waals surface area contributed by atoms with Gasteiger partial charge in [0.15, 0.2) is 0 Å². The van der Waals surface area contributed by atoms with E-state index in [0.717, 1.165) is 58.1 Å². The lowest BCUT2D eigenvalue weighted by molar-refractivity contribution is -0.123. The summed E-state index contributed by atoms with van der Waals surface area (Å²) in [6, 6.07) is 21.1. The van der Waals surface area contributed by atoms with E-state index < -0.39 is 0 Å². The van der Waals surface area contributed by atoms with E-state index in [0.29, 0.717) is 21.6 Å². The minimum atomic E-state index is -0.315. The van der Waals surface area contributed by atoms with Crippen molar-refractivity contribution in [3.63, 3.8) is 0 Å². The highest BCUT2D eigenvalue weighted by Gasteiger charge is 2.35. The molecule has 8 heteroatoms. The fourth-order valence-corrected chi connectivity index (χ4v) is 5.46. The number of halogens is 2. The maximum absolute atomic E-state index is 13.1. The number of carbonyl (C=O) groups is 2. The van der Waals surface area contributed by atoms with Crippen LogP contribution in [0.15, 0.2) is 77.8 Å². The number of hydrogen-bond acceptors (Lipinski definition) is 4. The second kappa shape index (κ2) is 11.1. The molecule has 0 unspecified atom stereocenters. The van der Waals surface area contributed by atoms with Crippen LogP contribution in [0.25, 0.3) is 17.0 Å². The highest BCUT2D eigenvalue weighted by molar-refractivity contribution is 8.18. The number of thioether (sulfide) groups is 1. The average Bonchev–Trinajstić information content (AvgIpc) is 3.37. The molecule has 1 saturated heterocycles. The van der Waals surface area contributed by atoms with Gasteiger partial charge in [0.2, 0.25) is 0 Å². The molecule has 0 atom stereocenters. The van der Waals surface area contributed by atoms with Gasteiger partial charge in [0.1, 0.15) is 5.75 Å². The van der Waals surface area contributed by atoms with E-state index in [1.165, 1.54) is 4.90 Å². The summed E-state index contributed by atoms with van der Waals surface area (Å²) in [6.07, 6.45) is 4.67. The first-order chi connectivity index (χ1) is 17.9. The zero-order valence-electron chi connectivity index (χ0n) is 20.1. The van der Waals surface area contributed by atoms with Crippen LogP contribution in [0, 0.1) is 6.92 Å². The lowest BCUT2D eigenvalue weighted by Crippen LogP contribution is -2.27. The molecule has 0 spiro atoms. The number of nitrogens with zero attached hydrogens (tertiary/aromatic N) is 2. The average molecular weight is 551 g/mol. The monoisotopic (exact) mass is 550 g/mol. The molecule has 1 fully saturated rings. The molecule has 3 aromatic carbocycles. The number of imide groups is 1. The summed E-state index contributed by atoms with van der Waals surface area (Å²) in [4.78, 5) is 27.4. The number of para-hydroxylation sites is 2. The molecule has 1 aliphatic rings. The van der Waals surface area contributed by atoms with Gasteiger partial charge < -0.3 is 9.30 Å². The Kier molecular flexibility index (Phi) is 7.60. The van der Waals surface area contributed by atoms with Crippen LogP contribution in [-0.2, 0) is 17.9 Å². The molecule has 2 heterocycles. The van der Waals surface area contributed by atoms with E-state index in [-0.39, 0.29) is 17.7 Å². The first-order valence-corrected chi connectivity index (χ1v) is 13.4. The number of ether oxygens (including phenoxy) is 1. The van der Waals surface area contributed by atoms with Gasteiger partial charge in [0, 0.05) is 29.2 Å². The number of benzene rings is 3. The predicted molar refractivity (Wildman–Crippen MR) is 151 cm³/mol. The molecule has 2 amide bonds. The third-order valence-corrected chi connectivity index (χ3v) is 7.85. The highest BCUT2D eigenvalue weighted by Crippen LogP contribution is 2.35. The van der Waals surface area contributed by atoms with Crippen LogP contribution in [0.3, 0.4) is 0 Å². The zero-order valence-corrected chi connectivity index (χ0v) is 22.4. The minimum Gasteiger partial charge on any atom is -0.493 e. The standard InChI is InChI=1S/C29H24Cl2N2O3S/c1-19-7-2-5-10-26(19)36-14-6-13-32-18-21(22-8-3-4-9-25(22)32)16-27-28(34)33(29(35)37-27)17-20-11-12-23(30)24(31)15-20/h2-5,7-12,15-16,18H,6,13-14,17H2,1H3/b27-16-. The smallest absolute Gasteiger partial charge is 0.293 e. The zero-order chi connectivity index (χ0) is 25.9. The largest absolute Gasteiger partial charge is 0.493 e. The molecule has 0 bridgehead atoms. The summed E-state index contributed by atoms with van der Waals surface area (Å²) in [7, 11) is 0. The van der Waals surface area contributed by atoms with Crippen molar-refractivity contribution >= 4 is 63.1 Å². The van der Waals surface area contributed by atoms with E-state index in [1.54, 1.807) is 18.2 Å². The Bertz CT molecular complexity index is 1530. The molecule has 1 aromatic heterocycles. The van der Waals surface area contributed by atoms with Gasteiger partial charge in [0.25, 0.3) is 11.1 Å². The Morgan fingerprint density at radius 1 is 0.973 bits per heavy atom. The number of carbonyl (C=O) groups excluding carboxylic acids is 2. The van der Waals surface area contributed by atoms with Gasteiger partial charge in [-0.15, -0.1) is 0 Å². The van der Waals surface area contributed by atoms with E-state index in [9.17, 15) is 9.59 Å². The maximum Gasteiger partial charge on any atom is 0.293 e. The van der Waals surface area contributed by atoms with Gasteiger partial charge in [-0.1, -0.05) is 65.7 Å². The molecule has 4 aromatic rings. The van der Waals surface area contributed by atoms with Crippen LogP contribution in [0.2, 0.25) is 10.0 Å². The van der Waals surface area contributed by atoms with Gasteiger partial charge in [-0.3, -0.25) is 14.5 Å². The lowest BCUT2D eigenvalue weighted by Gasteiger charge is -2.12. The Hall–Kier alpha value is -3.19. The van der Waals surface area contributed by atoms with Crippen LogP contribution < -0.4 is 4.74 Å². The van der Waals surface area contributed by atoms with Gasteiger partial charge in [-0.25, -0.2) is 0 Å². The molecule has 5 nitrogen and oxygen atoms in total. The van der Waals surface area contributed by atoms with E-state index in [4.69, 9.17) is 27.9 Å². The van der Waals surface area contributed by atoms with Gasteiger partial charge >= 0.3 is 0 Å². The Morgan fingerprint density at radius 2 is 1.76 bits per heavy atom. The molecule has 0 aliphatic carbocycles. The quantitative estimate of drug-likeness (QED) is 0.165. The normalized spacial score (nSPS) is 14.8. The molecule has 0 saturated carbocycles. The Balaban J connectivity index is 1.32. The van der Waals surface area contributed by atoms with Crippen LogP contribution in [0.4, 0.5) is 4.79 Å². The van der Waals surface area contributed by atoms with Crippen molar-refractivity contribution in [2.24, 2.45) is 0 Å². The number of rotatable bonds is 8. The molecule has 1 aliphatic heterocycles. The highest BCUT2D eigenvalue weighted by atomic mass is 35.5. The minimum absolute atomic E-state index is 0.140. The topological polar surface area (TPSA) is 51.5 Å². The molecule has 5 rings (SSSR count). The van der Waals surface area contributed by atoms with Gasteiger partial charge in [0.05, 0.1) is 28.1 Å². The fourth-order valence-electron chi connectivity index (χ4n) is 4.31. The second-order valence-corrected chi connectivity index (χ2v) is 10.6.